The molecular formula is C46H62N4O22. The van der Waals surface area contributed by atoms with Gasteiger partial charge in [-0.3, -0.25) is 19.2 Å². The van der Waals surface area contributed by atoms with Gasteiger partial charge in [-0.2, -0.15) is 0 Å². The Hall–Kier alpha value is -5.18. The maximum absolute atomic E-state index is 14.4. The molecule has 3 aromatic rings. The van der Waals surface area contributed by atoms with Gasteiger partial charge in [0.25, 0.3) is 11.8 Å². The maximum Gasteiger partial charge on any atom is 0.303 e. The summed E-state index contributed by atoms with van der Waals surface area (Å²) >= 11 is 0. The topological polar surface area (TPSA) is 459 Å². The Balaban J connectivity index is 1.57. The van der Waals surface area contributed by atoms with Crippen LogP contribution in [0.25, 0.3) is 0 Å². The van der Waals surface area contributed by atoms with Gasteiger partial charge in [0, 0.05) is 26.7 Å². The molecule has 398 valence electrons. The van der Waals surface area contributed by atoms with Crippen molar-refractivity contribution in [1.29, 1.82) is 0 Å². The second-order valence-electron chi connectivity index (χ2n) is 17.7. The van der Waals surface area contributed by atoms with Crippen molar-refractivity contribution in [2.45, 2.75) is 135 Å². The van der Waals surface area contributed by atoms with Gasteiger partial charge in [-0.05, 0) is 43.1 Å². The molecule has 0 spiro atoms. The number of carbonyl (C=O) groups excluding carboxylic acids is 4. The summed E-state index contributed by atoms with van der Waals surface area (Å²) in [5.41, 5.74) is -15.6. The van der Waals surface area contributed by atoms with E-state index in [9.17, 15) is 101 Å². The quantitative estimate of drug-likeness (QED) is 0.0468. The van der Waals surface area contributed by atoms with Gasteiger partial charge in [0.15, 0.2) is 11.2 Å². The van der Waals surface area contributed by atoms with E-state index in [1.807, 2.05) is 10.6 Å². The molecule has 3 aromatic carbocycles. The monoisotopic (exact) mass is 1020 g/mol. The minimum Gasteiger partial charge on any atom is -0.394 e. The van der Waals surface area contributed by atoms with E-state index in [0.29, 0.717) is 6.07 Å². The van der Waals surface area contributed by atoms with Crippen molar-refractivity contribution in [2.24, 2.45) is 0 Å². The number of carbonyl (C=O) groups is 4. The summed E-state index contributed by atoms with van der Waals surface area (Å²) in [6.45, 7) is -4.12. The molecule has 0 saturated carbocycles. The third kappa shape index (κ3) is 11.3. The highest BCUT2D eigenvalue weighted by molar-refractivity contribution is 6.00. The molecule has 0 unspecified atom stereocenters. The van der Waals surface area contributed by atoms with Crippen molar-refractivity contribution in [1.82, 2.24) is 21.3 Å². The Labute approximate surface area is 412 Å². The summed E-state index contributed by atoms with van der Waals surface area (Å²) < 4.78 is 25.2. The van der Waals surface area contributed by atoms with Crippen molar-refractivity contribution in [3.05, 3.63) is 107 Å². The van der Waals surface area contributed by atoms with Crippen LogP contribution < -0.4 is 21.3 Å². The van der Waals surface area contributed by atoms with Crippen molar-refractivity contribution >= 4 is 23.6 Å². The van der Waals surface area contributed by atoms with E-state index >= 15 is 0 Å². The maximum atomic E-state index is 14.4. The zero-order valence-corrected chi connectivity index (χ0v) is 38.1. The van der Waals surface area contributed by atoms with Crippen molar-refractivity contribution < 1.29 is 113 Å². The van der Waals surface area contributed by atoms with Crippen LogP contribution in [-0.4, -0.2) is 214 Å². The van der Waals surface area contributed by atoms with Gasteiger partial charge < -0.3 is 112 Å². The number of amides is 4. The van der Waals surface area contributed by atoms with Crippen molar-refractivity contribution in [2.75, 3.05) is 13.2 Å². The highest BCUT2D eigenvalue weighted by Crippen LogP contribution is 2.45. The summed E-state index contributed by atoms with van der Waals surface area (Å²) in [4.78, 5) is 55.5. The summed E-state index contributed by atoms with van der Waals surface area (Å²) in [5.74, 6) is -13.9. The van der Waals surface area contributed by atoms with Crippen LogP contribution in [0.5, 0.6) is 0 Å². The highest BCUT2D eigenvalue weighted by atomic mass is 16.7. The lowest BCUT2D eigenvalue weighted by molar-refractivity contribution is -0.428. The van der Waals surface area contributed by atoms with Crippen LogP contribution in [0, 0.1) is 0 Å². The second kappa shape index (κ2) is 22.5. The first-order valence-electron chi connectivity index (χ1n) is 23.4. The molecule has 0 radical (unpaired) electrons. The zero-order valence-electron chi connectivity index (χ0n) is 40.1. The summed E-state index contributed by atoms with van der Waals surface area (Å²) in [5, 5.41) is 186. The van der Waals surface area contributed by atoms with Crippen molar-refractivity contribution in [3.63, 3.8) is 0 Å². The molecule has 26 heteroatoms. The van der Waals surface area contributed by atoms with E-state index in [1.165, 1.54) is 60.7 Å². The van der Waals surface area contributed by atoms with E-state index in [-0.39, 0.29) is 11.1 Å². The summed E-state index contributed by atoms with van der Waals surface area (Å²) in [6, 6.07) is 18.0. The largest absolute Gasteiger partial charge is 0.394 e. The minimum atomic E-state index is -3.87. The highest BCUT2D eigenvalue weighted by Gasteiger charge is 2.75. The van der Waals surface area contributed by atoms with E-state index in [4.69, 9.17) is 12.2 Å². The van der Waals surface area contributed by atoms with Crippen LogP contribution in [0.1, 0.15) is 61.2 Å². The zero-order chi connectivity index (χ0) is 55.2. The third-order valence-corrected chi connectivity index (χ3v) is 12.5. The smallest absolute Gasteiger partial charge is 0.303 e. The first-order chi connectivity index (χ1) is 34.6. The molecule has 16 atom stereocenters. The fraction of sp³-hybridized carbons (Fsp3) is 0.522. The number of aliphatic hydroxyl groups excluding tert-OH is 10. The predicted octanol–water partition coefficient (Wildman–Crippen LogP) is -7.52. The molecule has 2 heterocycles. The Morgan fingerprint density at radius 2 is 0.903 bits per heavy atom. The molecule has 0 aliphatic carbocycles. The summed E-state index contributed by atoms with van der Waals surface area (Å²) in [7, 11) is 0. The molecule has 4 amide bonds. The molecule has 5 rings (SSSR count). The number of hydrogen-bond donors (Lipinski definition) is 20. The minimum absolute atomic E-state index is 0.0933. The van der Waals surface area contributed by atoms with Crippen LogP contribution in [0.3, 0.4) is 0 Å². The standard InChI is InChI=1S/C46H62N4O22/c1-23(53)35(59)29(55)17-33(57)47-45(69)43(67,41(65,37(61)31(21-51)71-45)19-25-10-5-3-6-11-25)49-39(63)27-14-9-15-28(16-27)40(64)50-44(68)42(66,20-26-12-7-4-8-13-26)38(62)32(22-52)72-46(44,70)48-34(58)18-30(56)36(60)24(2)54/h3-16,23-24,29-32,35-38,51-56,59-62,65-70H,17-22H2,1-2H3,(H,47,57)(H,48,58)(H,49,63)(H,50,64)/t23-,24-,29-,30-,31-,32-,35-,36-,37-,38-,41+,42+,43-,44-,45-,46-/m1/s1/i1D,2D. The fourth-order valence-electron chi connectivity index (χ4n) is 8.44. The van der Waals surface area contributed by atoms with Crippen LogP contribution in [0.2, 0.25) is 0 Å². The SMILES string of the molecule is [2H]C[C@@H](O)[C@@H](O)[C@H](O)CC(=O)N[C@]1(O)O[C@H](CO)[C@@H](O)[C@@](O)(Cc2ccccc2)[C@]1(O)NC(=O)c1cccc(C(=O)N[C@]2(O)[C@](O)(NC(=O)C[C@@H](O)[C@H](O)[C@H](O)C[2H])O[C@H](CO)[C@@H](O)[C@@]2(O)Cc2ccccc2)c1. The molecular weight excluding hydrogens is 961 g/mol. The van der Waals surface area contributed by atoms with Gasteiger partial charge in [-0.15, -0.1) is 0 Å². The van der Waals surface area contributed by atoms with Crippen LogP contribution in [0.4, 0.5) is 0 Å². The number of aliphatic hydroxyl groups is 16. The third-order valence-electron chi connectivity index (χ3n) is 12.5. The van der Waals surface area contributed by atoms with E-state index in [2.05, 4.69) is 0 Å². The molecule has 2 aliphatic rings. The summed E-state index contributed by atoms with van der Waals surface area (Å²) in [6.07, 6.45) is -25.6. The normalized spacial score (nSPS) is 33.4. The number of benzene rings is 3. The molecule has 26 nitrogen and oxygen atoms in total. The Bertz CT molecular complexity index is 2250. The molecule has 2 aliphatic heterocycles. The van der Waals surface area contributed by atoms with Crippen LogP contribution >= 0.6 is 0 Å². The van der Waals surface area contributed by atoms with Gasteiger partial charge >= 0.3 is 11.8 Å². The van der Waals surface area contributed by atoms with Gasteiger partial charge in [-0.25, -0.2) is 0 Å². The Kier molecular flexibility index (Phi) is 17.1. The Morgan fingerprint density at radius 1 is 0.556 bits per heavy atom. The lowest BCUT2D eigenvalue weighted by Gasteiger charge is -2.58. The van der Waals surface area contributed by atoms with Crippen molar-refractivity contribution in [3.8, 4) is 0 Å². The van der Waals surface area contributed by atoms with Crippen LogP contribution in [0.15, 0.2) is 84.9 Å². The Morgan fingerprint density at radius 3 is 1.22 bits per heavy atom. The molecule has 2 saturated heterocycles. The molecule has 20 N–H and O–H groups in total. The second-order valence-corrected chi connectivity index (χ2v) is 17.7. The average molecular weight is 1030 g/mol. The van der Waals surface area contributed by atoms with E-state index in [0.717, 1.165) is 18.2 Å². The van der Waals surface area contributed by atoms with E-state index < -0.39 is 183 Å². The van der Waals surface area contributed by atoms with Gasteiger partial charge in [0.05, 0.1) is 50.5 Å². The van der Waals surface area contributed by atoms with Crippen LogP contribution in [-0.2, 0) is 31.9 Å². The molecule has 2 fully saturated rings. The first kappa shape index (κ1) is 54.6. The lowest BCUT2D eigenvalue weighted by atomic mass is 9.73. The van der Waals surface area contributed by atoms with Gasteiger partial charge in [0.1, 0.15) is 36.6 Å². The molecule has 72 heavy (non-hydrogen) atoms. The van der Waals surface area contributed by atoms with Gasteiger partial charge in [-0.1, -0.05) is 66.7 Å². The number of nitrogens with one attached hydrogen (secondary N) is 4. The number of ether oxygens (including phenoxy) is 2. The van der Waals surface area contributed by atoms with Gasteiger partial charge in [0.2, 0.25) is 23.3 Å². The lowest BCUT2D eigenvalue weighted by Crippen LogP contribution is -2.88. The molecule has 0 bridgehead atoms. The first-order valence-corrected chi connectivity index (χ1v) is 22.0. The average Bonchev–Trinajstić information content (AvgIpc) is 3.37. The number of hydrogen-bond acceptors (Lipinski definition) is 22. The van der Waals surface area contributed by atoms with E-state index in [1.54, 1.807) is 10.6 Å². The number of rotatable bonds is 20. The fourth-order valence-corrected chi connectivity index (χ4v) is 8.44. The molecule has 0 aromatic heterocycles. The predicted molar refractivity (Wildman–Crippen MR) is 240 cm³/mol.